The Bertz CT molecular complexity index is 1590. The molecule has 0 atom stereocenters. The summed E-state index contributed by atoms with van der Waals surface area (Å²) in [6, 6.07) is 12.1. The minimum absolute atomic E-state index is 0.0446. The first kappa shape index (κ1) is 28.4. The number of esters is 1. The smallest absolute Gasteiger partial charge is 0.419 e. The van der Waals surface area contributed by atoms with E-state index in [4.69, 9.17) is 0 Å². The van der Waals surface area contributed by atoms with Crippen LogP contribution in [0.3, 0.4) is 0 Å². The van der Waals surface area contributed by atoms with Crippen molar-refractivity contribution in [1.29, 1.82) is 0 Å². The highest BCUT2D eigenvalue weighted by atomic mass is 19.4. The van der Waals surface area contributed by atoms with Crippen LogP contribution in [0.5, 0.6) is 11.5 Å². The number of benzene rings is 2. The van der Waals surface area contributed by atoms with Gasteiger partial charge in [0.15, 0.2) is 11.5 Å². The first-order valence-corrected chi connectivity index (χ1v) is 11.5. The van der Waals surface area contributed by atoms with Crippen molar-refractivity contribution in [3.63, 3.8) is 0 Å². The third kappa shape index (κ3) is 6.68. The van der Waals surface area contributed by atoms with Crippen LogP contribution in [0.2, 0.25) is 0 Å². The van der Waals surface area contributed by atoms with Crippen molar-refractivity contribution in [2.45, 2.75) is 38.7 Å². The van der Waals surface area contributed by atoms with Gasteiger partial charge < -0.3 is 14.8 Å². The molecular weight excluding hydrogens is 546 g/mol. The number of fused-ring (bicyclic) bond motifs is 1. The molecule has 0 aliphatic rings. The van der Waals surface area contributed by atoms with E-state index in [1.165, 1.54) is 53.2 Å². The van der Waals surface area contributed by atoms with E-state index in [2.05, 4.69) is 24.9 Å². The monoisotopic (exact) mass is 566 g/mol. The summed E-state index contributed by atoms with van der Waals surface area (Å²) in [7, 11) is 0. The highest BCUT2D eigenvalue weighted by Crippen LogP contribution is 2.31. The van der Waals surface area contributed by atoms with Crippen LogP contribution in [-0.2, 0) is 10.2 Å². The van der Waals surface area contributed by atoms with Crippen molar-refractivity contribution in [1.82, 2.24) is 14.6 Å². The number of carbonyl (C=O) groups is 2. The maximum absolute atomic E-state index is 13.0. The number of anilines is 1. The molecule has 0 aliphatic heterocycles. The van der Waals surface area contributed by atoms with Crippen LogP contribution >= 0.6 is 0 Å². The van der Waals surface area contributed by atoms with Gasteiger partial charge in [0, 0.05) is 5.56 Å². The second-order valence-corrected chi connectivity index (χ2v) is 9.53. The van der Waals surface area contributed by atoms with Gasteiger partial charge in [-0.1, -0.05) is 39.0 Å². The number of halogens is 6. The fraction of sp³-hybridized carbons (Fsp3) is 0.231. The lowest BCUT2D eigenvalue weighted by Crippen LogP contribution is -2.29. The third-order valence-electron chi connectivity index (χ3n) is 5.45. The van der Waals surface area contributed by atoms with Gasteiger partial charge >= 0.3 is 18.5 Å². The van der Waals surface area contributed by atoms with Gasteiger partial charge in [0.05, 0.1) is 17.5 Å². The molecular formula is C26H20F6N4O4. The molecule has 210 valence electrons. The number of imidazole rings is 1. The molecule has 1 N–H and O–H groups in total. The van der Waals surface area contributed by atoms with Gasteiger partial charge in [0.2, 0.25) is 0 Å². The summed E-state index contributed by atoms with van der Waals surface area (Å²) >= 11 is 0. The lowest BCUT2D eigenvalue weighted by molar-refractivity contribution is -0.274. The number of aromatic nitrogens is 3. The van der Waals surface area contributed by atoms with E-state index in [0.717, 1.165) is 12.1 Å². The topological polar surface area (TPSA) is 94.8 Å². The number of ether oxygens (including phenoxy) is 2. The van der Waals surface area contributed by atoms with Crippen molar-refractivity contribution in [3.8, 4) is 22.8 Å². The van der Waals surface area contributed by atoms with Crippen LogP contribution in [0.1, 0.15) is 36.7 Å². The normalized spacial score (nSPS) is 12.3. The number of hydrogen-bond donors (Lipinski definition) is 1. The highest BCUT2D eigenvalue weighted by molar-refractivity contribution is 6.06. The van der Waals surface area contributed by atoms with Gasteiger partial charge in [0.1, 0.15) is 11.5 Å². The molecule has 0 fully saturated rings. The molecule has 0 bridgehead atoms. The number of alkyl halides is 6. The average Bonchev–Trinajstić information content (AvgIpc) is 3.23. The molecule has 4 rings (SSSR count). The molecule has 0 saturated heterocycles. The fourth-order valence-corrected chi connectivity index (χ4v) is 3.55. The molecule has 1 amide bonds. The van der Waals surface area contributed by atoms with Gasteiger partial charge in [-0.3, -0.25) is 4.79 Å². The highest BCUT2D eigenvalue weighted by Gasteiger charge is 2.42. The number of nitrogens with zero attached hydrogens (tertiary/aromatic N) is 3. The molecule has 4 aromatic rings. The molecule has 14 heteroatoms. The Morgan fingerprint density at radius 3 is 2.30 bits per heavy atom. The van der Waals surface area contributed by atoms with Crippen molar-refractivity contribution in [2.24, 2.45) is 0 Å². The maximum Gasteiger partial charge on any atom is 0.573 e. The zero-order chi connectivity index (χ0) is 29.5. The first-order chi connectivity index (χ1) is 18.5. The average molecular weight is 566 g/mol. The number of nitrogens with one attached hydrogen (secondary N) is 1. The Labute approximate surface area is 222 Å². The Morgan fingerprint density at radius 1 is 0.925 bits per heavy atom. The van der Waals surface area contributed by atoms with Gasteiger partial charge in [-0.2, -0.15) is 18.3 Å². The van der Waals surface area contributed by atoms with E-state index in [-0.39, 0.29) is 22.7 Å². The van der Waals surface area contributed by atoms with E-state index < -0.39 is 41.3 Å². The molecule has 2 aromatic carbocycles. The number of rotatable bonds is 5. The Hall–Kier alpha value is -4.62. The van der Waals surface area contributed by atoms with Crippen LogP contribution in [0.15, 0.2) is 60.8 Å². The van der Waals surface area contributed by atoms with Gasteiger partial charge in [-0.15, -0.1) is 13.2 Å². The Balaban J connectivity index is 1.61. The van der Waals surface area contributed by atoms with Gasteiger partial charge in [-0.25, -0.2) is 14.3 Å². The molecule has 40 heavy (non-hydrogen) atoms. The summed E-state index contributed by atoms with van der Waals surface area (Å²) in [5.74, 6) is -4.47. The summed E-state index contributed by atoms with van der Waals surface area (Å²) < 4.78 is 86.0. The Morgan fingerprint density at radius 2 is 1.65 bits per heavy atom. The molecule has 0 saturated carbocycles. The third-order valence-corrected chi connectivity index (χ3v) is 5.45. The summed E-state index contributed by atoms with van der Waals surface area (Å²) in [5, 5.41) is 6.70. The number of amides is 1. The van der Waals surface area contributed by atoms with Crippen molar-refractivity contribution in [3.05, 3.63) is 71.9 Å². The summed E-state index contributed by atoms with van der Waals surface area (Å²) in [5.41, 5.74) is 0.444. The van der Waals surface area contributed by atoms with Crippen LogP contribution < -0.4 is 14.8 Å². The van der Waals surface area contributed by atoms with Crippen LogP contribution in [-0.4, -0.2) is 39.0 Å². The molecule has 2 heterocycles. The lowest BCUT2D eigenvalue weighted by Gasteiger charge is -2.21. The van der Waals surface area contributed by atoms with Crippen molar-refractivity contribution < 1.29 is 45.4 Å². The predicted octanol–water partition coefficient (Wildman–Crippen LogP) is 6.31. The van der Waals surface area contributed by atoms with E-state index in [1.54, 1.807) is 20.8 Å². The quantitative estimate of drug-likeness (QED) is 0.173. The molecule has 0 unspecified atom stereocenters. The minimum Gasteiger partial charge on any atom is -0.419 e. The maximum atomic E-state index is 13.0. The second-order valence-electron chi connectivity index (χ2n) is 9.53. The molecule has 0 spiro atoms. The predicted molar refractivity (Wildman–Crippen MR) is 130 cm³/mol. The molecule has 8 nitrogen and oxygen atoms in total. The van der Waals surface area contributed by atoms with E-state index in [1.807, 2.05) is 0 Å². The van der Waals surface area contributed by atoms with Gasteiger partial charge in [0.25, 0.3) is 5.91 Å². The lowest BCUT2D eigenvalue weighted by atomic mass is 9.86. The fourth-order valence-electron chi connectivity index (χ4n) is 3.55. The summed E-state index contributed by atoms with van der Waals surface area (Å²) in [6.07, 6.45) is -8.86. The molecule has 0 aliphatic carbocycles. The van der Waals surface area contributed by atoms with Crippen LogP contribution in [0, 0.1) is 0 Å². The molecule has 2 aromatic heterocycles. The largest absolute Gasteiger partial charge is 0.573 e. The SMILES string of the molecule is CC(C)(C)c1ccc(C(=O)Nc2cn3nc(-c4cccc(OC(F)(F)F)c4)ccc3n2)c(OC(=O)C(F)(F)F)c1. The number of hydrogen-bond acceptors (Lipinski definition) is 6. The number of carbonyl (C=O) groups excluding carboxylic acids is 2. The van der Waals surface area contributed by atoms with Gasteiger partial charge in [-0.05, 0) is 47.4 Å². The zero-order valence-electron chi connectivity index (χ0n) is 21.0. The summed E-state index contributed by atoms with van der Waals surface area (Å²) in [4.78, 5) is 28.7. The van der Waals surface area contributed by atoms with Crippen LogP contribution in [0.4, 0.5) is 32.2 Å². The molecule has 0 radical (unpaired) electrons. The zero-order valence-corrected chi connectivity index (χ0v) is 21.0. The standard InChI is InChI=1S/C26H20F6N4O4/c1-24(2,3)15-7-8-17(19(12-15)39-23(38)25(27,28)29)22(37)34-20-13-36-21(33-20)10-9-18(35-36)14-5-4-6-16(11-14)40-26(30,31)32/h4-13H,1-3H3,(H,34,37). The first-order valence-electron chi connectivity index (χ1n) is 11.5. The summed E-state index contributed by atoms with van der Waals surface area (Å²) in [6.45, 7) is 5.36. The van der Waals surface area contributed by atoms with E-state index >= 15 is 0 Å². The van der Waals surface area contributed by atoms with Crippen LogP contribution in [0.25, 0.3) is 16.9 Å². The van der Waals surface area contributed by atoms with Crippen molar-refractivity contribution in [2.75, 3.05) is 5.32 Å². The van der Waals surface area contributed by atoms with Crippen molar-refractivity contribution >= 4 is 23.3 Å². The van der Waals surface area contributed by atoms with E-state index in [0.29, 0.717) is 11.1 Å². The van der Waals surface area contributed by atoms with E-state index in [9.17, 15) is 35.9 Å². The minimum atomic E-state index is -5.28. The Kier molecular flexibility index (Phi) is 7.22. The second kappa shape index (κ2) is 10.2.